The predicted octanol–water partition coefficient (Wildman–Crippen LogP) is 3.00. The molecule has 1 atom stereocenters. The number of nitrogen functional groups attached to an aromatic ring is 1. The zero-order valence-corrected chi connectivity index (χ0v) is 19.5. The van der Waals surface area contributed by atoms with Gasteiger partial charge in [-0.25, -0.2) is 9.78 Å². The van der Waals surface area contributed by atoms with Crippen LogP contribution in [0.4, 0.5) is 5.95 Å². The number of nitrogens with zero attached hydrogens (tertiary/aromatic N) is 4. The lowest BCUT2D eigenvalue weighted by Gasteiger charge is -2.18. The molecule has 0 aliphatic carbocycles. The van der Waals surface area contributed by atoms with E-state index in [4.69, 9.17) is 26.3 Å². The summed E-state index contributed by atoms with van der Waals surface area (Å²) in [4.78, 5) is 24.5. The molecule has 2 aromatic carbocycles. The molecule has 2 aromatic heterocycles. The van der Waals surface area contributed by atoms with Gasteiger partial charge in [0.25, 0.3) is 10.1 Å². The van der Waals surface area contributed by atoms with Gasteiger partial charge >= 0.3 is 5.97 Å². The van der Waals surface area contributed by atoms with E-state index >= 15 is 0 Å². The zero-order valence-electron chi connectivity index (χ0n) is 18.0. The number of rotatable bonds is 8. The van der Waals surface area contributed by atoms with Crippen LogP contribution in [0.25, 0.3) is 11.2 Å². The summed E-state index contributed by atoms with van der Waals surface area (Å²) in [6.07, 6.45) is 0.296. The molecule has 4 rings (SSSR count). The van der Waals surface area contributed by atoms with Gasteiger partial charge in [0.05, 0.1) is 23.3 Å². The molecule has 4 aromatic rings. The monoisotopic (exact) mass is 501 g/mol. The molecule has 0 saturated heterocycles. The Balaban J connectivity index is 1.61. The number of imidazole rings is 1. The summed E-state index contributed by atoms with van der Waals surface area (Å²) in [6, 6.07) is 14.5. The molecule has 2 heterocycles. The molecule has 34 heavy (non-hydrogen) atoms. The first-order valence-electron chi connectivity index (χ1n) is 10.1. The Kier molecular flexibility index (Phi) is 6.77. The highest BCUT2D eigenvalue weighted by molar-refractivity contribution is 7.86. The van der Waals surface area contributed by atoms with Crippen molar-refractivity contribution in [1.29, 1.82) is 0 Å². The number of fused-ring (bicyclic) bond motifs is 1. The number of benzene rings is 2. The Hall–Kier alpha value is -3.54. The minimum atomic E-state index is -4.17. The van der Waals surface area contributed by atoms with E-state index in [2.05, 4.69) is 15.0 Å². The molecular weight excluding hydrogens is 482 g/mol. The fourth-order valence-corrected chi connectivity index (χ4v) is 4.43. The summed E-state index contributed by atoms with van der Waals surface area (Å²) in [5, 5.41) is 0.0569. The van der Waals surface area contributed by atoms with Crippen LogP contribution in [0.2, 0.25) is 5.15 Å². The van der Waals surface area contributed by atoms with Crippen molar-refractivity contribution in [3.63, 3.8) is 0 Å². The Morgan fingerprint density at radius 3 is 2.53 bits per heavy atom. The second-order valence-electron chi connectivity index (χ2n) is 7.39. The number of carbonyl (C=O) groups is 1. The number of nitrogens with two attached hydrogens (primary N) is 1. The number of aromatic nitrogens is 4. The van der Waals surface area contributed by atoms with E-state index in [1.54, 1.807) is 42.5 Å². The third kappa shape index (κ3) is 5.33. The maximum absolute atomic E-state index is 12.9. The molecule has 1 unspecified atom stereocenters. The van der Waals surface area contributed by atoms with Crippen LogP contribution < -0.4 is 5.73 Å². The van der Waals surface area contributed by atoms with E-state index in [-0.39, 0.29) is 40.3 Å². The standard InChI is InChI=1S/C22H20ClN5O5S/c1-14-7-9-17(10-8-14)34(30,31)33-16(12-32-21(29)15-5-3-2-4-6-15)11-28-13-25-18-19(23)26-22(24)27-20(18)28/h2-10,13,16H,11-12H2,1H3,(H2,24,26,27). The van der Waals surface area contributed by atoms with Crippen LogP contribution >= 0.6 is 11.6 Å². The number of carbonyl (C=O) groups excluding carboxylic acids is 1. The van der Waals surface area contributed by atoms with Crippen molar-refractivity contribution >= 4 is 44.8 Å². The average molecular weight is 502 g/mol. The third-order valence-electron chi connectivity index (χ3n) is 4.82. The Morgan fingerprint density at radius 1 is 1.12 bits per heavy atom. The molecule has 10 nitrogen and oxygen atoms in total. The normalized spacial score (nSPS) is 12.5. The lowest BCUT2D eigenvalue weighted by molar-refractivity contribution is 0.0293. The minimum absolute atomic E-state index is 0.0254. The highest BCUT2D eigenvalue weighted by atomic mass is 35.5. The largest absolute Gasteiger partial charge is 0.459 e. The molecule has 0 radical (unpaired) electrons. The van der Waals surface area contributed by atoms with E-state index in [0.29, 0.717) is 5.56 Å². The van der Waals surface area contributed by atoms with E-state index < -0.39 is 22.2 Å². The molecule has 0 fully saturated rings. The SMILES string of the molecule is Cc1ccc(S(=O)(=O)OC(COC(=O)c2ccccc2)Cn2cnc3c(Cl)nc(N)nc32)cc1. The van der Waals surface area contributed by atoms with Gasteiger partial charge in [0.15, 0.2) is 10.8 Å². The van der Waals surface area contributed by atoms with Gasteiger partial charge in [0.2, 0.25) is 5.95 Å². The predicted molar refractivity (Wildman–Crippen MR) is 125 cm³/mol. The van der Waals surface area contributed by atoms with Gasteiger partial charge in [-0.1, -0.05) is 47.5 Å². The lowest BCUT2D eigenvalue weighted by atomic mass is 10.2. The third-order valence-corrected chi connectivity index (χ3v) is 6.46. The van der Waals surface area contributed by atoms with Gasteiger partial charge in [-0.2, -0.15) is 18.4 Å². The maximum Gasteiger partial charge on any atom is 0.338 e. The zero-order chi connectivity index (χ0) is 24.3. The second kappa shape index (κ2) is 9.75. The summed E-state index contributed by atoms with van der Waals surface area (Å²) in [5.74, 6) is -0.688. The fourth-order valence-electron chi connectivity index (χ4n) is 3.16. The molecule has 0 bridgehead atoms. The van der Waals surface area contributed by atoms with Crippen LogP contribution in [0, 0.1) is 6.92 Å². The van der Waals surface area contributed by atoms with Crippen molar-refractivity contribution in [2.45, 2.75) is 24.5 Å². The van der Waals surface area contributed by atoms with Crippen LogP contribution in [-0.4, -0.2) is 46.6 Å². The van der Waals surface area contributed by atoms with Gasteiger partial charge in [0.1, 0.15) is 18.2 Å². The first kappa shape index (κ1) is 23.6. The smallest absolute Gasteiger partial charge is 0.338 e. The number of ether oxygens (including phenoxy) is 1. The number of hydrogen-bond acceptors (Lipinski definition) is 9. The summed E-state index contributed by atoms with van der Waals surface area (Å²) in [7, 11) is -4.17. The van der Waals surface area contributed by atoms with Gasteiger partial charge in [-0.05, 0) is 31.2 Å². The number of esters is 1. The molecule has 176 valence electrons. The fraction of sp³-hybridized carbons (Fsp3) is 0.182. The average Bonchev–Trinajstić information content (AvgIpc) is 3.20. The molecule has 2 N–H and O–H groups in total. The van der Waals surface area contributed by atoms with Crippen LogP contribution in [0.15, 0.2) is 65.8 Å². The number of halogens is 1. The summed E-state index contributed by atoms with van der Waals surface area (Å²) in [5.41, 5.74) is 7.48. The van der Waals surface area contributed by atoms with E-state index in [0.717, 1.165) is 5.56 Å². The van der Waals surface area contributed by atoms with Crippen molar-refractivity contribution in [3.8, 4) is 0 Å². The molecule has 0 saturated carbocycles. The topological polar surface area (TPSA) is 139 Å². The molecule has 0 spiro atoms. The van der Waals surface area contributed by atoms with Gasteiger partial charge in [-0.15, -0.1) is 0 Å². The Labute approximate surface area is 200 Å². The molecule has 0 aliphatic rings. The van der Waals surface area contributed by atoms with Crippen molar-refractivity contribution in [2.24, 2.45) is 0 Å². The Bertz CT molecular complexity index is 1430. The van der Waals surface area contributed by atoms with Crippen molar-refractivity contribution in [2.75, 3.05) is 12.3 Å². The lowest BCUT2D eigenvalue weighted by Crippen LogP contribution is -2.30. The quantitative estimate of drug-likeness (QED) is 0.219. The van der Waals surface area contributed by atoms with E-state index in [9.17, 15) is 13.2 Å². The highest BCUT2D eigenvalue weighted by Gasteiger charge is 2.25. The van der Waals surface area contributed by atoms with Crippen LogP contribution in [0.1, 0.15) is 15.9 Å². The van der Waals surface area contributed by atoms with Gasteiger partial charge in [0, 0.05) is 0 Å². The highest BCUT2D eigenvalue weighted by Crippen LogP contribution is 2.22. The Morgan fingerprint density at radius 2 is 1.82 bits per heavy atom. The minimum Gasteiger partial charge on any atom is -0.459 e. The summed E-state index contributed by atoms with van der Waals surface area (Å²) in [6.45, 7) is 1.41. The van der Waals surface area contributed by atoms with Crippen molar-refractivity contribution < 1.29 is 22.1 Å². The maximum atomic E-state index is 12.9. The van der Waals surface area contributed by atoms with E-state index in [1.165, 1.54) is 23.0 Å². The molecular formula is C22H20ClN5O5S. The second-order valence-corrected chi connectivity index (χ2v) is 9.32. The molecule has 0 amide bonds. The first-order valence-corrected chi connectivity index (χ1v) is 11.9. The number of aryl methyl sites for hydroxylation is 1. The molecule has 0 aliphatic heterocycles. The first-order chi connectivity index (χ1) is 16.2. The van der Waals surface area contributed by atoms with Crippen LogP contribution in [0.3, 0.4) is 0 Å². The molecule has 12 heteroatoms. The van der Waals surface area contributed by atoms with Crippen molar-refractivity contribution in [3.05, 3.63) is 77.2 Å². The summed E-state index contributed by atoms with van der Waals surface area (Å²) < 4.78 is 38.2. The summed E-state index contributed by atoms with van der Waals surface area (Å²) >= 11 is 6.08. The number of hydrogen-bond donors (Lipinski definition) is 1. The van der Waals surface area contributed by atoms with Gasteiger partial charge < -0.3 is 15.0 Å². The van der Waals surface area contributed by atoms with E-state index in [1.807, 2.05) is 6.92 Å². The number of anilines is 1. The van der Waals surface area contributed by atoms with Crippen LogP contribution in [0.5, 0.6) is 0 Å². The van der Waals surface area contributed by atoms with Crippen LogP contribution in [-0.2, 0) is 25.6 Å². The van der Waals surface area contributed by atoms with Gasteiger partial charge in [-0.3, -0.25) is 4.18 Å². The van der Waals surface area contributed by atoms with Crippen molar-refractivity contribution in [1.82, 2.24) is 19.5 Å².